The molecule has 101 heavy (non-hydrogen) atoms. The molecular formula is C64H92N12O25. The molecule has 0 aromatic heterocycles. The maximum absolute atomic E-state index is 14.6. The van der Waals surface area contributed by atoms with Gasteiger partial charge in [0.25, 0.3) is 0 Å². The molecule has 17 N–H and O–H groups in total. The van der Waals surface area contributed by atoms with Crippen molar-refractivity contribution in [3.63, 3.8) is 0 Å². The highest BCUT2D eigenvalue weighted by molar-refractivity contribution is 5.96. The standard InChI is InChI=1S/C64H92N12O25/c77-49(34-73-23-25-74(35-54(86)87)27-29-76(37-56(90)91)30-28-75(26-24-73)36-55(88)89)66-33-38-8-12-41(13-9-38)57(92)70-48(32-39-10-11-40-5-1-2-6-42(40)31-39)61(96)69-45(16-20-52(82)83)60(95)68-44(15-19-51(80)81)59(94)67-43(14-18-50(78)79)58(93)65-22-4-3-7-46(62(97)98)71-64(101)72-47(63(99)100)17-21-53(84)85/h1-2,5-6,10-11,31,38,41,43-48H,3-4,7-9,12-30,32-37H2,(H,65,93)(H,66,77)(H,67,94)(H,68,95)(H,69,96)(H,70,92)(H,78,79)(H,80,81)(H,82,83)(H,84,85)(H,86,87)(H,88,89)(H,90,91)(H,97,98)(H,99,100)(H2,71,72,101)/t38-,41-,43-,44-,45-,46-,47-,48-/m0/s1. The first-order chi connectivity index (χ1) is 47.8. The van der Waals surface area contributed by atoms with Crippen molar-refractivity contribution in [2.24, 2.45) is 11.8 Å². The first-order valence-electron chi connectivity index (χ1n) is 33.0. The van der Waals surface area contributed by atoms with Gasteiger partial charge in [0, 0.05) is 103 Å². The van der Waals surface area contributed by atoms with Crippen LogP contribution in [0.2, 0.25) is 0 Å². The van der Waals surface area contributed by atoms with Crippen molar-refractivity contribution >= 4 is 106 Å². The lowest BCUT2D eigenvalue weighted by Crippen LogP contribution is -2.59. The summed E-state index contributed by atoms with van der Waals surface area (Å²) in [5.74, 6) is -18.0. The number of unbranched alkanes of at least 4 members (excludes halogenated alkanes) is 1. The van der Waals surface area contributed by atoms with Crippen molar-refractivity contribution in [2.45, 2.75) is 139 Å². The number of hydrogen-bond donors (Lipinski definition) is 17. The van der Waals surface area contributed by atoms with E-state index in [1.54, 1.807) is 43.9 Å². The molecule has 2 aliphatic rings. The zero-order valence-electron chi connectivity index (χ0n) is 55.7. The molecule has 2 aromatic rings. The maximum Gasteiger partial charge on any atom is 0.326 e. The topological polar surface area (TPSA) is 564 Å². The molecule has 0 bridgehead atoms. The van der Waals surface area contributed by atoms with E-state index in [9.17, 15) is 118 Å². The van der Waals surface area contributed by atoms with E-state index in [-0.39, 0.29) is 129 Å². The monoisotopic (exact) mass is 1430 g/mol. The fourth-order valence-electron chi connectivity index (χ4n) is 11.4. The van der Waals surface area contributed by atoms with Gasteiger partial charge in [0.05, 0.1) is 26.2 Å². The predicted octanol–water partition coefficient (Wildman–Crippen LogP) is -2.33. The SMILES string of the molecule is O=C(O)CC[C@H](NC(=O)N[C@@H](CCCCNC(=O)[C@H](CCC(=O)O)NC(=O)[C@H](CCC(=O)O)NC(=O)[C@H](CCC(=O)O)NC(=O)[C@H](Cc1ccc2ccccc2c1)NC(=O)[C@H]1CC[C@H](CNC(=O)CN2CCN(CC(=O)O)CCN(CC(=O)O)CCN(CC(=O)O)CC2)CC1)C(=O)O)C(=O)O. The smallest absolute Gasteiger partial charge is 0.326 e. The minimum absolute atomic E-state index is 0.00846. The Kier molecular flexibility index (Phi) is 35.8. The summed E-state index contributed by atoms with van der Waals surface area (Å²) < 4.78 is 0. The number of carboxylic acids is 9. The van der Waals surface area contributed by atoms with Crippen LogP contribution in [0, 0.1) is 11.8 Å². The van der Waals surface area contributed by atoms with Crippen LogP contribution in [0.15, 0.2) is 42.5 Å². The van der Waals surface area contributed by atoms with Crippen LogP contribution >= 0.6 is 0 Å². The second-order valence-corrected chi connectivity index (χ2v) is 24.9. The number of hydrogen-bond acceptors (Lipinski definition) is 20. The number of carboxylic acid groups (broad SMARTS) is 9. The minimum atomic E-state index is -1.83. The summed E-state index contributed by atoms with van der Waals surface area (Å²) in [4.78, 5) is 208. The Morgan fingerprint density at radius 1 is 0.386 bits per heavy atom. The molecule has 1 aliphatic heterocycles. The zero-order valence-corrected chi connectivity index (χ0v) is 55.7. The Hall–Kier alpha value is -10.1. The van der Waals surface area contributed by atoms with E-state index in [2.05, 4.69) is 37.2 Å². The number of fused-ring (bicyclic) bond motifs is 1. The van der Waals surface area contributed by atoms with Gasteiger partial charge in [-0.2, -0.15) is 0 Å². The molecule has 2 aromatic carbocycles. The molecule has 558 valence electrons. The second-order valence-electron chi connectivity index (χ2n) is 24.9. The lowest BCUT2D eigenvalue weighted by atomic mass is 9.81. The van der Waals surface area contributed by atoms with Crippen LogP contribution in [0.4, 0.5) is 4.79 Å². The van der Waals surface area contributed by atoms with Gasteiger partial charge < -0.3 is 88.5 Å². The van der Waals surface area contributed by atoms with Gasteiger partial charge in [-0.1, -0.05) is 42.5 Å². The van der Waals surface area contributed by atoms with E-state index in [0.717, 1.165) is 10.8 Å². The van der Waals surface area contributed by atoms with Gasteiger partial charge >= 0.3 is 59.8 Å². The normalized spacial score (nSPS) is 17.5. The molecule has 1 saturated carbocycles. The summed E-state index contributed by atoms with van der Waals surface area (Å²) in [5, 5.41) is 107. The maximum atomic E-state index is 14.6. The molecule has 2 fully saturated rings. The molecule has 8 amide bonds. The highest BCUT2D eigenvalue weighted by Gasteiger charge is 2.35. The third-order valence-corrected chi connectivity index (χ3v) is 17.0. The third kappa shape index (κ3) is 33.1. The fourth-order valence-corrected chi connectivity index (χ4v) is 11.4. The van der Waals surface area contributed by atoms with Crippen LogP contribution < -0.4 is 42.5 Å². The Bertz CT molecular complexity index is 3210. The number of rotatable bonds is 42. The number of aliphatic carboxylic acids is 9. The fraction of sp³-hybridized carbons (Fsp3) is 0.594. The van der Waals surface area contributed by atoms with Gasteiger partial charge in [-0.3, -0.25) is 81.9 Å². The number of urea groups is 1. The van der Waals surface area contributed by atoms with Crippen LogP contribution in [0.5, 0.6) is 0 Å². The van der Waals surface area contributed by atoms with Crippen molar-refractivity contribution in [1.29, 1.82) is 0 Å². The molecular weight excluding hydrogens is 1340 g/mol. The highest BCUT2D eigenvalue weighted by atomic mass is 16.4. The molecule has 37 heteroatoms. The van der Waals surface area contributed by atoms with Crippen LogP contribution in [-0.4, -0.2) is 289 Å². The molecule has 4 rings (SSSR count). The summed E-state index contributed by atoms with van der Waals surface area (Å²) in [6.45, 7) is 0.489. The Morgan fingerprint density at radius 2 is 0.782 bits per heavy atom. The van der Waals surface area contributed by atoms with Crippen LogP contribution in [0.1, 0.15) is 102 Å². The van der Waals surface area contributed by atoms with E-state index < -0.39 is 183 Å². The molecule has 1 heterocycles. The minimum Gasteiger partial charge on any atom is -0.481 e. The molecule has 0 unspecified atom stereocenters. The van der Waals surface area contributed by atoms with Crippen LogP contribution in [-0.2, 0) is 78.3 Å². The summed E-state index contributed by atoms with van der Waals surface area (Å²) in [7, 11) is 0. The Morgan fingerprint density at radius 3 is 1.21 bits per heavy atom. The van der Waals surface area contributed by atoms with Crippen LogP contribution in [0.3, 0.4) is 0 Å². The average molecular weight is 1430 g/mol. The van der Waals surface area contributed by atoms with E-state index in [1.807, 2.05) is 23.5 Å². The molecule has 6 atom stereocenters. The summed E-state index contributed by atoms with van der Waals surface area (Å²) in [5.41, 5.74) is 0.558. The van der Waals surface area contributed by atoms with Gasteiger partial charge in [0.15, 0.2) is 0 Å². The predicted molar refractivity (Wildman–Crippen MR) is 351 cm³/mol. The molecule has 0 spiro atoms. The van der Waals surface area contributed by atoms with Gasteiger partial charge in [0.2, 0.25) is 35.4 Å². The quantitative estimate of drug-likeness (QED) is 0.0310. The zero-order chi connectivity index (χ0) is 74.7. The van der Waals surface area contributed by atoms with E-state index in [1.165, 1.54) is 0 Å². The van der Waals surface area contributed by atoms with E-state index >= 15 is 0 Å². The molecule has 0 radical (unpaired) electrons. The number of amides is 8. The summed E-state index contributed by atoms with van der Waals surface area (Å²) in [6, 6.07) is 1.42. The Labute approximate surface area is 579 Å². The largest absolute Gasteiger partial charge is 0.481 e. The van der Waals surface area contributed by atoms with Crippen molar-refractivity contribution < 1.29 is 123 Å². The third-order valence-electron chi connectivity index (χ3n) is 17.0. The van der Waals surface area contributed by atoms with Crippen molar-refractivity contribution in [3.05, 3.63) is 48.0 Å². The Balaban J connectivity index is 1.45. The first kappa shape index (κ1) is 83.3. The lowest BCUT2D eigenvalue weighted by molar-refractivity contribution is -0.141. The van der Waals surface area contributed by atoms with Crippen molar-refractivity contribution in [2.75, 3.05) is 91.6 Å². The van der Waals surface area contributed by atoms with Gasteiger partial charge in [-0.25, -0.2) is 14.4 Å². The number of nitrogens with one attached hydrogen (secondary N) is 8. The van der Waals surface area contributed by atoms with Crippen molar-refractivity contribution in [1.82, 2.24) is 62.1 Å². The second kappa shape index (κ2) is 43.4. The van der Waals surface area contributed by atoms with E-state index in [0.29, 0.717) is 31.2 Å². The number of benzene rings is 2. The number of carbonyl (C=O) groups excluding carboxylic acids is 7. The molecule has 37 nitrogen and oxygen atoms in total. The van der Waals surface area contributed by atoms with Gasteiger partial charge in [0.1, 0.15) is 36.3 Å². The molecule has 1 saturated heterocycles. The highest BCUT2D eigenvalue weighted by Crippen LogP contribution is 2.29. The summed E-state index contributed by atoms with van der Waals surface area (Å²) >= 11 is 0. The van der Waals surface area contributed by atoms with Gasteiger partial charge in [-0.05, 0) is 92.9 Å². The number of nitrogens with zero attached hydrogens (tertiary/aromatic N) is 4. The summed E-state index contributed by atoms with van der Waals surface area (Å²) in [6.07, 6.45) is -4.06. The van der Waals surface area contributed by atoms with Crippen LogP contribution in [0.25, 0.3) is 10.8 Å². The van der Waals surface area contributed by atoms with Gasteiger partial charge in [-0.15, -0.1) is 0 Å². The number of carbonyl (C=O) groups is 16. The van der Waals surface area contributed by atoms with E-state index in [4.69, 9.17) is 5.11 Å². The lowest BCUT2D eigenvalue weighted by Gasteiger charge is -2.33. The first-order valence-corrected chi connectivity index (χ1v) is 33.0. The average Bonchev–Trinajstić information content (AvgIpc) is 0.831. The molecule has 1 aliphatic carbocycles. The van der Waals surface area contributed by atoms with Crippen molar-refractivity contribution in [3.8, 4) is 0 Å².